The normalized spacial score (nSPS) is 17.4. The fraction of sp³-hybridized carbons (Fsp3) is 0.784. The SMILES string of the molecule is C.COCCOC(=O)CCC(=O)Oc1c(C)c(C)c2c(c1C)CCC(C)(CCCC(C)CCCC(C)CCCC(C)C)O2. The van der Waals surface area contributed by atoms with Crippen LogP contribution in [0.4, 0.5) is 0 Å². The van der Waals surface area contributed by atoms with Crippen molar-refractivity contribution in [1.82, 2.24) is 0 Å². The smallest absolute Gasteiger partial charge is 0.311 e. The van der Waals surface area contributed by atoms with Crippen LogP contribution in [0.3, 0.4) is 0 Å². The summed E-state index contributed by atoms with van der Waals surface area (Å²) in [5.74, 6) is 3.12. The number of esters is 2. The molecule has 1 aliphatic heterocycles. The number of fused-ring (bicyclic) bond motifs is 1. The summed E-state index contributed by atoms with van der Waals surface area (Å²) in [5, 5.41) is 0. The van der Waals surface area contributed by atoms with Crippen molar-refractivity contribution in [2.24, 2.45) is 17.8 Å². The number of ether oxygens (including phenoxy) is 4. The van der Waals surface area contributed by atoms with Crippen LogP contribution in [0.1, 0.15) is 141 Å². The number of carbonyl (C=O) groups excluding carboxylic acids is 2. The van der Waals surface area contributed by atoms with E-state index in [1.54, 1.807) is 7.11 Å². The summed E-state index contributed by atoms with van der Waals surface area (Å²) < 4.78 is 22.4. The molecule has 0 bridgehead atoms. The highest BCUT2D eigenvalue weighted by atomic mass is 16.6. The summed E-state index contributed by atoms with van der Waals surface area (Å²) in [4.78, 5) is 24.4. The maximum absolute atomic E-state index is 12.6. The minimum atomic E-state index is -0.430. The van der Waals surface area contributed by atoms with E-state index in [2.05, 4.69) is 41.5 Å². The first-order valence-corrected chi connectivity index (χ1v) is 16.5. The zero-order chi connectivity index (χ0) is 31.3. The monoisotopic (exact) mass is 604 g/mol. The van der Waals surface area contributed by atoms with Gasteiger partial charge in [0.15, 0.2) is 0 Å². The number of benzene rings is 1. The van der Waals surface area contributed by atoms with Crippen molar-refractivity contribution in [3.63, 3.8) is 0 Å². The van der Waals surface area contributed by atoms with Gasteiger partial charge in [0.25, 0.3) is 0 Å². The largest absolute Gasteiger partial charge is 0.487 e. The Morgan fingerprint density at radius 1 is 0.814 bits per heavy atom. The molecule has 6 heteroatoms. The first-order chi connectivity index (χ1) is 19.9. The van der Waals surface area contributed by atoms with Crippen LogP contribution >= 0.6 is 0 Å². The van der Waals surface area contributed by atoms with Crippen molar-refractivity contribution in [3.05, 3.63) is 22.3 Å². The second-order valence-corrected chi connectivity index (χ2v) is 13.6. The highest BCUT2D eigenvalue weighted by molar-refractivity contribution is 5.80. The van der Waals surface area contributed by atoms with Gasteiger partial charge in [-0.3, -0.25) is 9.59 Å². The van der Waals surface area contributed by atoms with Gasteiger partial charge in [-0.05, 0) is 87.8 Å². The van der Waals surface area contributed by atoms with Gasteiger partial charge < -0.3 is 18.9 Å². The summed E-state index contributed by atoms with van der Waals surface area (Å²) >= 11 is 0. The predicted molar refractivity (Wildman–Crippen MR) is 177 cm³/mol. The molecular weight excluding hydrogens is 540 g/mol. The van der Waals surface area contributed by atoms with E-state index in [0.717, 1.165) is 65.0 Å². The lowest BCUT2D eigenvalue weighted by Crippen LogP contribution is -2.37. The predicted octanol–water partition coefficient (Wildman–Crippen LogP) is 9.65. The molecule has 0 amide bonds. The first kappa shape index (κ1) is 38.9. The zero-order valence-electron chi connectivity index (χ0n) is 28.3. The van der Waals surface area contributed by atoms with E-state index in [1.807, 2.05) is 13.8 Å². The third-order valence-electron chi connectivity index (χ3n) is 9.14. The molecule has 0 saturated heterocycles. The van der Waals surface area contributed by atoms with Gasteiger partial charge in [-0.2, -0.15) is 0 Å². The van der Waals surface area contributed by atoms with Gasteiger partial charge in [0.2, 0.25) is 0 Å². The second-order valence-electron chi connectivity index (χ2n) is 13.6. The molecule has 0 fully saturated rings. The van der Waals surface area contributed by atoms with Crippen LogP contribution in [-0.4, -0.2) is 37.9 Å². The highest BCUT2D eigenvalue weighted by Crippen LogP contribution is 2.45. The van der Waals surface area contributed by atoms with Crippen LogP contribution in [0.15, 0.2) is 0 Å². The molecule has 1 aromatic rings. The molecule has 6 nitrogen and oxygen atoms in total. The summed E-state index contributed by atoms with van der Waals surface area (Å²) in [6, 6.07) is 0. The number of rotatable bonds is 19. The van der Waals surface area contributed by atoms with Crippen molar-refractivity contribution in [3.8, 4) is 11.5 Å². The van der Waals surface area contributed by atoms with Crippen molar-refractivity contribution in [2.75, 3.05) is 20.3 Å². The van der Waals surface area contributed by atoms with Gasteiger partial charge >= 0.3 is 11.9 Å². The van der Waals surface area contributed by atoms with Crippen LogP contribution in [0.5, 0.6) is 11.5 Å². The van der Waals surface area contributed by atoms with Gasteiger partial charge in [-0.1, -0.05) is 80.1 Å². The maximum Gasteiger partial charge on any atom is 0.311 e. The van der Waals surface area contributed by atoms with Crippen molar-refractivity contribution in [1.29, 1.82) is 0 Å². The summed E-state index contributed by atoms with van der Waals surface area (Å²) in [6.45, 7) is 18.3. The minimum Gasteiger partial charge on any atom is -0.487 e. The van der Waals surface area contributed by atoms with Gasteiger partial charge in [0.1, 0.15) is 23.7 Å². The Hall–Kier alpha value is -2.08. The average Bonchev–Trinajstić information content (AvgIpc) is 2.93. The highest BCUT2D eigenvalue weighted by Gasteiger charge is 2.35. The molecule has 0 aliphatic carbocycles. The molecule has 0 saturated carbocycles. The standard InChI is InChI=1S/C36H60O6.CH4/c1-25(2)13-10-14-26(3)15-11-16-27(4)17-12-21-36(8)22-20-31-30(7)34(28(5)29(6)35(31)42-36)41-33(38)19-18-32(37)40-24-23-39-9;/h25-27H,10-24H2,1-9H3;1H4. The van der Waals surface area contributed by atoms with Crippen molar-refractivity contribution < 1.29 is 28.5 Å². The molecule has 0 N–H and O–H groups in total. The molecule has 248 valence electrons. The van der Waals surface area contributed by atoms with Crippen molar-refractivity contribution in [2.45, 2.75) is 152 Å². The number of hydrogen-bond donors (Lipinski definition) is 0. The summed E-state index contributed by atoms with van der Waals surface area (Å²) in [7, 11) is 1.54. The second kappa shape index (κ2) is 19.3. The molecule has 2 rings (SSSR count). The van der Waals surface area contributed by atoms with Gasteiger partial charge in [-0.25, -0.2) is 0 Å². The molecule has 0 spiro atoms. The van der Waals surface area contributed by atoms with Crippen LogP contribution in [-0.2, 0) is 25.5 Å². The van der Waals surface area contributed by atoms with Crippen LogP contribution in [0.25, 0.3) is 0 Å². The van der Waals surface area contributed by atoms with E-state index in [0.29, 0.717) is 12.4 Å². The minimum absolute atomic E-state index is 0. The maximum atomic E-state index is 12.6. The Kier molecular flexibility index (Phi) is 17.5. The topological polar surface area (TPSA) is 71.1 Å². The van der Waals surface area contributed by atoms with Gasteiger partial charge in [0.05, 0.1) is 19.4 Å². The molecule has 0 radical (unpaired) electrons. The summed E-state index contributed by atoms with van der Waals surface area (Å²) in [5.41, 5.74) is 3.85. The zero-order valence-corrected chi connectivity index (χ0v) is 28.3. The van der Waals surface area contributed by atoms with E-state index in [9.17, 15) is 9.59 Å². The number of methoxy groups -OCH3 is 1. The quantitative estimate of drug-likeness (QED) is 0.0889. The number of hydrogen-bond acceptors (Lipinski definition) is 6. The first-order valence-electron chi connectivity index (χ1n) is 16.5. The Morgan fingerprint density at radius 3 is 2.00 bits per heavy atom. The van der Waals surface area contributed by atoms with E-state index in [4.69, 9.17) is 18.9 Å². The molecule has 3 atom stereocenters. The fourth-order valence-corrected chi connectivity index (χ4v) is 6.09. The molecule has 1 aliphatic rings. The van der Waals surface area contributed by atoms with E-state index in [1.165, 1.54) is 51.4 Å². The lowest BCUT2D eigenvalue weighted by molar-refractivity contribution is -0.147. The molecule has 1 heterocycles. The Balaban J connectivity index is 0.00000924. The Labute approximate surface area is 264 Å². The Morgan fingerprint density at radius 2 is 1.40 bits per heavy atom. The third-order valence-corrected chi connectivity index (χ3v) is 9.14. The van der Waals surface area contributed by atoms with E-state index < -0.39 is 11.9 Å². The molecule has 0 aromatic heterocycles. The van der Waals surface area contributed by atoms with Crippen LogP contribution in [0, 0.1) is 38.5 Å². The van der Waals surface area contributed by atoms with Crippen LogP contribution < -0.4 is 9.47 Å². The Bertz CT molecular complexity index is 1000. The number of carbonyl (C=O) groups is 2. The van der Waals surface area contributed by atoms with Crippen LogP contribution in [0.2, 0.25) is 0 Å². The van der Waals surface area contributed by atoms with E-state index in [-0.39, 0.29) is 32.5 Å². The van der Waals surface area contributed by atoms with E-state index >= 15 is 0 Å². The lowest BCUT2D eigenvalue weighted by Gasteiger charge is -2.38. The molecule has 43 heavy (non-hydrogen) atoms. The van der Waals surface area contributed by atoms with Gasteiger partial charge in [-0.15, -0.1) is 0 Å². The molecule has 3 unspecified atom stereocenters. The average molecular weight is 605 g/mol. The molecule has 1 aromatic carbocycles. The van der Waals surface area contributed by atoms with Gasteiger partial charge in [0, 0.05) is 12.7 Å². The van der Waals surface area contributed by atoms with Crippen molar-refractivity contribution >= 4 is 11.9 Å². The fourth-order valence-electron chi connectivity index (χ4n) is 6.09. The third kappa shape index (κ3) is 13.2. The lowest BCUT2D eigenvalue weighted by atomic mass is 9.83. The molecular formula is C37H64O6. The summed E-state index contributed by atoms with van der Waals surface area (Å²) in [6.07, 6.45) is 13.4.